The second-order valence-corrected chi connectivity index (χ2v) is 6.84. The van der Waals surface area contributed by atoms with Gasteiger partial charge < -0.3 is 29.5 Å². The molecule has 4 atom stereocenters. The van der Waals surface area contributed by atoms with E-state index >= 15 is 0 Å². The summed E-state index contributed by atoms with van der Waals surface area (Å²) in [6, 6.07) is 7.75. The van der Waals surface area contributed by atoms with Gasteiger partial charge in [0.05, 0.1) is 5.60 Å². The summed E-state index contributed by atoms with van der Waals surface area (Å²) in [6.45, 7) is 5.42. The van der Waals surface area contributed by atoms with Crippen LogP contribution in [0, 0.1) is 5.92 Å². The molecule has 140 valence electrons. The zero-order chi connectivity index (χ0) is 19.1. The SMILES string of the molecule is C[C@@H]1[C@H](OC(N)=O)[C@H](O)C(Oc2ccc3oc(=O)ccc3c2)OC1(C)C. The number of primary amides is 1. The second-order valence-electron chi connectivity index (χ2n) is 6.84. The van der Waals surface area contributed by atoms with Crippen LogP contribution in [0.25, 0.3) is 11.0 Å². The van der Waals surface area contributed by atoms with Crippen LogP contribution in [0.1, 0.15) is 20.8 Å². The van der Waals surface area contributed by atoms with Crippen molar-refractivity contribution in [3.8, 4) is 5.75 Å². The number of carbonyl (C=O) groups is 1. The monoisotopic (exact) mass is 363 g/mol. The minimum Gasteiger partial charge on any atom is -0.462 e. The highest BCUT2D eigenvalue weighted by Gasteiger charge is 2.50. The molecule has 1 aromatic heterocycles. The van der Waals surface area contributed by atoms with E-state index < -0.39 is 35.8 Å². The van der Waals surface area contributed by atoms with Crippen molar-refractivity contribution < 1.29 is 28.5 Å². The number of nitrogens with two attached hydrogens (primary N) is 1. The Morgan fingerprint density at radius 2 is 2.00 bits per heavy atom. The van der Waals surface area contributed by atoms with Gasteiger partial charge in [0.15, 0.2) is 6.10 Å². The maximum Gasteiger partial charge on any atom is 0.404 e. The first-order valence-electron chi connectivity index (χ1n) is 8.20. The zero-order valence-corrected chi connectivity index (χ0v) is 14.7. The van der Waals surface area contributed by atoms with Crippen molar-refractivity contribution in [1.29, 1.82) is 0 Å². The van der Waals surface area contributed by atoms with E-state index in [0.29, 0.717) is 16.7 Å². The average molecular weight is 363 g/mol. The Morgan fingerprint density at radius 3 is 2.69 bits per heavy atom. The highest BCUT2D eigenvalue weighted by Crippen LogP contribution is 2.37. The topological polar surface area (TPSA) is 121 Å². The Hall–Kier alpha value is -2.58. The Morgan fingerprint density at radius 1 is 1.27 bits per heavy atom. The van der Waals surface area contributed by atoms with Gasteiger partial charge >= 0.3 is 11.7 Å². The van der Waals surface area contributed by atoms with Gasteiger partial charge in [0.25, 0.3) is 0 Å². The molecule has 1 saturated heterocycles. The van der Waals surface area contributed by atoms with E-state index in [0.717, 1.165) is 0 Å². The second kappa shape index (κ2) is 6.62. The van der Waals surface area contributed by atoms with Crippen LogP contribution in [-0.2, 0) is 9.47 Å². The molecule has 0 radical (unpaired) electrons. The molecule has 2 aromatic rings. The third kappa shape index (κ3) is 3.51. The highest BCUT2D eigenvalue weighted by molar-refractivity contribution is 5.77. The van der Waals surface area contributed by atoms with Gasteiger partial charge in [-0.05, 0) is 38.1 Å². The van der Waals surface area contributed by atoms with E-state index in [1.807, 2.05) is 13.8 Å². The lowest BCUT2D eigenvalue weighted by atomic mass is 9.82. The van der Waals surface area contributed by atoms with Gasteiger partial charge in [-0.3, -0.25) is 0 Å². The number of rotatable bonds is 3. The molecule has 8 nitrogen and oxygen atoms in total. The van der Waals surface area contributed by atoms with E-state index in [2.05, 4.69) is 0 Å². The zero-order valence-electron chi connectivity index (χ0n) is 14.7. The first kappa shape index (κ1) is 18.2. The van der Waals surface area contributed by atoms with Crippen molar-refractivity contribution in [2.45, 2.75) is 44.9 Å². The van der Waals surface area contributed by atoms with Crippen molar-refractivity contribution in [2.24, 2.45) is 11.7 Å². The summed E-state index contributed by atoms with van der Waals surface area (Å²) in [7, 11) is 0. The van der Waals surface area contributed by atoms with Gasteiger partial charge in [-0.25, -0.2) is 9.59 Å². The summed E-state index contributed by atoms with van der Waals surface area (Å²) in [5.74, 6) is 0.0919. The smallest absolute Gasteiger partial charge is 0.404 e. The molecule has 2 heterocycles. The standard InChI is InChI=1S/C18H21NO7/c1-9-15(25-17(19)22)14(21)16(26-18(9,2)3)23-11-5-6-12-10(8-11)4-7-13(20)24-12/h4-9,14-16,21H,1-3H3,(H2,19,22)/t9-,14+,15+,16?/m1/s1. The molecule has 3 N–H and O–H groups in total. The van der Waals surface area contributed by atoms with Crippen LogP contribution >= 0.6 is 0 Å². The largest absolute Gasteiger partial charge is 0.462 e. The van der Waals surface area contributed by atoms with E-state index in [9.17, 15) is 14.7 Å². The van der Waals surface area contributed by atoms with Gasteiger partial charge in [-0.2, -0.15) is 0 Å². The third-order valence-electron chi connectivity index (χ3n) is 4.72. The Kier molecular flexibility index (Phi) is 4.64. The molecule has 0 aliphatic carbocycles. The maximum atomic E-state index is 11.3. The molecule has 1 fully saturated rings. The molecule has 1 aliphatic heterocycles. The van der Waals surface area contributed by atoms with Crippen molar-refractivity contribution >= 4 is 17.1 Å². The summed E-state index contributed by atoms with van der Waals surface area (Å²) in [6.07, 6.45) is -4.15. The number of carbonyl (C=O) groups excluding carboxylic acids is 1. The lowest BCUT2D eigenvalue weighted by molar-refractivity contribution is -0.283. The molecule has 1 aliphatic rings. The molecule has 8 heteroatoms. The number of benzene rings is 1. The predicted octanol–water partition coefficient (Wildman–Crippen LogP) is 1.77. The summed E-state index contributed by atoms with van der Waals surface area (Å²) in [5, 5.41) is 11.2. The van der Waals surface area contributed by atoms with Gasteiger partial charge in [-0.1, -0.05) is 6.92 Å². The number of fused-ring (bicyclic) bond motifs is 1. The van der Waals surface area contributed by atoms with Crippen LogP contribution in [0.3, 0.4) is 0 Å². The van der Waals surface area contributed by atoms with Crippen LogP contribution in [-0.4, -0.2) is 35.3 Å². The van der Waals surface area contributed by atoms with E-state index in [1.54, 1.807) is 31.2 Å². The molecule has 0 bridgehead atoms. The van der Waals surface area contributed by atoms with Crippen LogP contribution in [0.2, 0.25) is 0 Å². The lowest BCUT2D eigenvalue weighted by Gasteiger charge is -2.47. The van der Waals surface area contributed by atoms with Gasteiger partial charge in [0, 0.05) is 17.4 Å². The molecule has 3 rings (SSSR count). The minimum atomic E-state index is -1.23. The van der Waals surface area contributed by atoms with Crippen molar-refractivity contribution in [2.75, 3.05) is 0 Å². The van der Waals surface area contributed by atoms with E-state index in [-0.39, 0.29) is 5.92 Å². The first-order chi connectivity index (χ1) is 12.2. The first-order valence-corrected chi connectivity index (χ1v) is 8.20. The summed E-state index contributed by atoms with van der Waals surface area (Å²) >= 11 is 0. The van der Waals surface area contributed by atoms with Crippen molar-refractivity contribution in [3.63, 3.8) is 0 Å². The molecular formula is C18H21NO7. The third-order valence-corrected chi connectivity index (χ3v) is 4.72. The van der Waals surface area contributed by atoms with E-state index in [4.69, 9.17) is 24.4 Å². The van der Waals surface area contributed by atoms with Crippen LogP contribution in [0.4, 0.5) is 4.79 Å². The maximum absolute atomic E-state index is 11.3. The summed E-state index contributed by atoms with van der Waals surface area (Å²) in [5.41, 5.74) is 4.36. The summed E-state index contributed by atoms with van der Waals surface area (Å²) in [4.78, 5) is 22.4. The molecule has 1 amide bonds. The number of hydrogen-bond acceptors (Lipinski definition) is 7. The van der Waals surface area contributed by atoms with Gasteiger partial charge in [-0.15, -0.1) is 0 Å². The molecular weight excluding hydrogens is 342 g/mol. The molecule has 1 aromatic carbocycles. The Balaban J connectivity index is 1.86. The minimum absolute atomic E-state index is 0.310. The quantitative estimate of drug-likeness (QED) is 0.797. The van der Waals surface area contributed by atoms with Crippen molar-refractivity contribution in [3.05, 3.63) is 40.8 Å². The Labute approximate surface area is 149 Å². The van der Waals surface area contributed by atoms with Crippen LogP contribution in [0.5, 0.6) is 5.75 Å². The average Bonchev–Trinajstić information content (AvgIpc) is 2.56. The Bertz CT molecular complexity index is 875. The normalized spacial score (nSPS) is 27.8. The molecule has 0 saturated carbocycles. The fourth-order valence-electron chi connectivity index (χ4n) is 2.98. The van der Waals surface area contributed by atoms with Gasteiger partial charge in [0.2, 0.25) is 6.29 Å². The summed E-state index contributed by atoms with van der Waals surface area (Å²) < 4.78 is 21.8. The number of aliphatic hydroxyl groups is 1. The number of aliphatic hydroxyl groups excluding tert-OH is 1. The molecule has 0 spiro atoms. The van der Waals surface area contributed by atoms with E-state index in [1.165, 1.54) is 6.07 Å². The predicted molar refractivity (Wildman–Crippen MR) is 91.7 cm³/mol. The fourth-order valence-corrected chi connectivity index (χ4v) is 2.98. The fraction of sp³-hybridized carbons (Fsp3) is 0.444. The number of hydrogen-bond donors (Lipinski definition) is 2. The van der Waals surface area contributed by atoms with Gasteiger partial charge in [0.1, 0.15) is 17.4 Å². The molecule has 1 unspecified atom stereocenters. The highest BCUT2D eigenvalue weighted by atomic mass is 16.7. The molecule has 26 heavy (non-hydrogen) atoms. The number of ether oxygens (including phenoxy) is 3. The van der Waals surface area contributed by atoms with Crippen molar-refractivity contribution in [1.82, 2.24) is 0 Å². The number of amides is 1. The van der Waals surface area contributed by atoms with Crippen LogP contribution < -0.4 is 16.1 Å². The lowest BCUT2D eigenvalue weighted by Crippen LogP contribution is -2.60. The van der Waals surface area contributed by atoms with Crippen LogP contribution in [0.15, 0.2) is 39.5 Å².